The van der Waals surface area contributed by atoms with Crippen LogP contribution in [0.25, 0.3) is 0 Å². The number of halogens is 3. The van der Waals surface area contributed by atoms with E-state index in [1.165, 1.54) is 12.1 Å². The van der Waals surface area contributed by atoms with Crippen molar-refractivity contribution >= 4 is 21.7 Å². The molecule has 98 valence electrons. The number of carbonyl (C=O) groups excluding carboxylic acids is 1. The zero-order valence-corrected chi connectivity index (χ0v) is 11.2. The first-order chi connectivity index (χ1) is 8.95. The van der Waals surface area contributed by atoms with Crippen molar-refractivity contribution in [2.24, 2.45) is 0 Å². The third-order valence-electron chi connectivity index (χ3n) is 2.55. The molecular weight excluding hydrogens is 318 g/mol. The van der Waals surface area contributed by atoms with Gasteiger partial charge in [-0.05, 0) is 35.9 Å². The predicted molar refractivity (Wildman–Crippen MR) is 70.2 cm³/mol. The molecule has 0 aromatic heterocycles. The van der Waals surface area contributed by atoms with Gasteiger partial charge in [0.2, 0.25) is 0 Å². The minimum absolute atomic E-state index is 0.110. The van der Waals surface area contributed by atoms with E-state index >= 15 is 0 Å². The molecule has 19 heavy (non-hydrogen) atoms. The summed E-state index contributed by atoms with van der Waals surface area (Å²) in [7, 11) is 0. The van der Waals surface area contributed by atoms with Crippen LogP contribution in [0.4, 0.5) is 8.78 Å². The summed E-state index contributed by atoms with van der Waals surface area (Å²) < 4.78 is 26.7. The SMILES string of the molecule is O=C(Cc1cc(F)cc(F)c1)c1cc(Br)ccc1O. The highest BCUT2D eigenvalue weighted by Crippen LogP contribution is 2.23. The monoisotopic (exact) mass is 326 g/mol. The highest BCUT2D eigenvalue weighted by Gasteiger charge is 2.13. The molecule has 0 aliphatic carbocycles. The number of hydrogen-bond donors (Lipinski definition) is 1. The molecular formula is C14H9BrF2O2. The molecule has 0 amide bonds. The molecule has 0 saturated carbocycles. The van der Waals surface area contributed by atoms with E-state index in [0.717, 1.165) is 18.2 Å². The predicted octanol–water partition coefficient (Wildman–Crippen LogP) is 3.86. The summed E-state index contributed by atoms with van der Waals surface area (Å²) in [6.45, 7) is 0. The summed E-state index contributed by atoms with van der Waals surface area (Å²) in [5, 5.41) is 9.60. The number of aromatic hydroxyl groups is 1. The fourth-order valence-electron chi connectivity index (χ4n) is 1.73. The van der Waals surface area contributed by atoms with Crippen molar-refractivity contribution in [3.63, 3.8) is 0 Å². The Bertz CT molecular complexity index is 621. The number of carbonyl (C=O) groups is 1. The van der Waals surface area contributed by atoms with E-state index < -0.39 is 17.4 Å². The van der Waals surface area contributed by atoms with Gasteiger partial charge in [-0.25, -0.2) is 8.78 Å². The van der Waals surface area contributed by atoms with E-state index in [-0.39, 0.29) is 23.3 Å². The van der Waals surface area contributed by atoms with E-state index in [9.17, 15) is 18.7 Å². The standard InChI is InChI=1S/C14H9BrF2O2/c15-9-1-2-13(18)12(6-9)14(19)5-8-3-10(16)7-11(17)4-8/h1-4,6-7,18H,5H2. The normalized spacial score (nSPS) is 10.5. The van der Waals surface area contributed by atoms with Crippen LogP contribution in [-0.2, 0) is 6.42 Å². The van der Waals surface area contributed by atoms with Gasteiger partial charge in [0.05, 0.1) is 5.56 Å². The van der Waals surface area contributed by atoms with Crippen molar-refractivity contribution in [2.45, 2.75) is 6.42 Å². The first-order valence-corrected chi connectivity index (χ1v) is 6.21. The highest BCUT2D eigenvalue weighted by molar-refractivity contribution is 9.10. The fraction of sp³-hybridized carbons (Fsp3) is 0.0714. The summed E-state index contributed by atoms with van der Waals surface area (Å²) >= 11 is 3.19. The first kappa shape index (κ1) is 13.7. The maximum atomic E-state index is 13.0. The molecule has 0 atom stereocenters. The van der Waals surface area contributed by atoms with Gasteiger partial charge in [-0.3, -0.25) is 4.79 Å². The van der Waals surface area contributed by atoms with Crippen molar-refractivity contribution in [3.8, 4) is 5.75 Å². The van der Waals surface area contributed by atoms with Crippen LogP contribution in [0.5, 0.6) is 5.75 Å². The van der Waals surface area contributed by atoms with Crippen molar-refractivity contribution in [1.82, 2.24) is 0 Å². The van der Waals surface area contributed by atoms with Crippen molar-refractivity contribution in [2.75, 3.05) is 0 Å². The van der Waals surface area contributed by atoms with Crippen LogP contribution in [0.1, 0.15) is 15.9 Å². The number of phenols is 1. The van der Waals surface area contributed by atoms with Gasteiger partial charge >= 0.3 is 0 Å². The summed E-state index contributed by atoms with van der Waals surface area (Å²) in [5.74, 6) is -2.04. The Morgan fingerprint density at radius 2 is 1.74 bits per heavy atom. The van der Waals surface area contributed by atoms with Crippen molar-refractivity contribution in [1.29, 1.82) is 0 Å². The Kier molecular flexibility index (Phi) is 3.95. The van der Waals surface area contributed by atoms with Crippen LogP contribution >= 0.6 is 15.9 Å². The van der Waals surface area contributed by atoms with Gasteiger partial charge in [0, 0.05) is 17.0 Å². The van der Waals surface area contributed by atoms with Crippen molar-refractivity contribution < 1.29 is 18.7 Å². The van der Waals surface area contributed by atoms with E-state index in [2.05, 4.69) is 15.9 Å². The second kappa shape index (κ2) is 5.48. The van der Waals surface area contributed by atoms with E-state index in [4.69, 9.17) is 0 Å². The average molecular weight is 327 g/mol. The fourth-order valence-corrected chi connectivity index (χ4v) is 2.09. The lowest BCUT2D eigenvalue weighted by Crippen LogP contribution is -2.04. The van der Waals surface area contributed by atoms with Gasteiger partial charge in [0.1, 0.15) is 17.4 Å². The van der Waals surface area contributed by atoms with Crippen molar-refractivity contribution in [3.05, 3.63) is 63.6 Å². The lowest BCUT2D eigenvalue weighted by Gasteiger charge is -2.05. The van der Waals surface area contributed by atoms with E-state index in [1.807, 2.05) is 0 Å². The zero-order chi connectivity index (χ0) is 14.0. The number of Topliss-reactive ketones (excluding diaryl/α,β-unsaturated/α-hetero) is 1. The number of ketones is 1. The lowest BCUT2D eigenvalue weighted by atomic mass is 10.0. The Labute approximate surface area is 116 Å². The number of benzene rings is 2. The van der Waals surface area contributed by atoms with E-state index in [1.54, 1.807) is 6.07 Å². The largest absolute Gasteiger partial charge is 0.507 e. The summed E-state index contributed by atoms with van der Waals surface area (Å²) in [5.41, 5.74) is 0.334. The topological polar surface area (TPSA) is 37.3 Å². The molecule has 0 bridgehead atoms. The molecule has 0 radical (unpaired) electrons. The molecule has 1 N–H and O–H groups in total. The number of rotatable bonds is 3. The molecule has 0 spiro atoms. The summed E-state index contributed by atoms with van der Waals surface area (Å²) in [4.78, 5) is 12.0. The molecule has 5 heteroatoms. The van der Waals surface area contributed by atoms with Crippen LogP contribution in [-0.4, -0.2) is 10.9 Å². The molecule has 2 rings (SSSR count). The summed E-state index contributed by atoms with van der Waals surface area (Å²) in [6, 6.07) is 7.36. The Balaban J connectivity index is 2.28. The van der Waals surface area contributed by atoms with Crippen LogP contribution < -0.4 is 0 Å². The van der Waals surface area contributed by atoms with Crippen LogP contribution in [0.2, 0.25) is 0 Å². The molecule has 0 fully saturated rings. The quantitative estimate of drug-likeness (QED) is 0.870. The van der Waals surface area contributed by atoms with Gasteiger partial charge in [-0.15, -0.1) is 0 Å². The Hall–Kier alpha value is -1.75. The molecule has 0 aliphatic heterocycles. The number of phenolic OH excluding ortho intramolecular Hbond substituents is 1. The highest BCUT2D eigenvalue weighted by atomic mass is 79.9. The van der Waals surface area contributed by atoms with Crippen LogP contribution in [0.15, 0.2) is 40.9 Å². The third kappa shape index (κ3) is 3.38. The molecule has 2 aromatic carbocycles. The average Bonchev–Trinajstić information content (AvgIpc) is 2.30. The van der Waals surface area contributed by atoms with Crippen LogP contribution in [0, 0.1) is 11.6 Å². The van der Waals surface area contributed by atoms with Gasteiger partial charge in [-0.2, -0.15) is 0 Å². The van der Waals surface area contributed by atoms with Gasteiger partial charge in [0.15, 0.2) is 5.78 Å². The Morgan fingerprint density at radius 1 is 1.11 bits per heavy atom. The van der Waals surface area contributed by atoms with Gasteiger partial charge in [-0.1, -0.05) is 15.9 Å². The minimum atomic E-state index is -0.735. The molecule has 2 aromatic rings. The van der Waals surface area contributed by atoms with Gasteiger partial charge in [0.25, 0.3) is 0 Å². The Morgan fingerprint density at radius 3 is 2.37 bits per heavy atom. The first-order valence-electron chi connectivity index (χ1n) is 5.42. The van der Waals surface area contributed by atoms with E-state index in [0.29, 0.717) is 4.47 Å². The molecule has 0 aliphatic rings. The second-order valence-corrected chi connectivity index (χ2v) is 4.95. The molecule has 0 saturated heterocycles. The lowest BCUT2D eigenvalue weighted by molar-refractivity contribution is 0.0990. The minimum Gasteiger partial charge on any atom is -0.507 e. The third-order valence-corrected chi connectivity index (χ3v) is 3.04. The maximum absolute atomic E-state index is 13.0. The van der Waals surface area contributed by atoms with Crippen LogP contribution in [0.3, 0.4) is 0 Å². The maximum Gasteiger partial charge on any atom is 0.170 e. The number of hydrogen-bond acceptors (Lipinski definition) is 2. The van der Waals surface area contributed by atoms with Gasteiger partial charge < -0.3 is 5.11 Å². The molecule has 0 heterocycles. The zero-order valence-electron chi connectivity index (χ0n) is 9.66. The summed E-state index contributed by atoms with van der Waals surface area (Å²) in [6.07, 6.45) is -0.182. The molecule has 2 nitrogen and oxygen atoms in total. The second-order valence-electron chi connectivity index (χ2n) is 4.04. The smallest absolute Gasteiger partial charge is 0.170 e. The molecule has 0 unspecified atom stereocenters.